The molecule has 2 aromatic rings. The zero-order valence-electron chi connectivity index (χ0n) is 23.0. The number of para-hydroxylation sites is 1. The molecule has 10 heteroatoms. The number of hydrogen-bond donors (Lipinski definition) is 2. The van der Waals surface area contributed by atoms with E-state index in [1.807, 2.05) is 53.4 Å². The van der Waals surface area contributed by atoms with Crippen LogP contribution in [-0.2, 0) is 20.8 Å². The number of nitrogens with zero attached hydrogens (tertiary/aromatic N) is 3. The van der Waals surface area contributed by atoms with Crippen molar-refractivity contribution in [2.24, 2.45) is 16.6 Å². The van der Waals surface area contributed by atoms with E-state index in [-0.39, 0.29) is 25.2 Å². The Morgan fingerprint density at radius 3 is 2.51 bits per heavy atom. The molecule has 1 heterocycles. The number of ether oxygens (including phenoxy) is 3. The van der Waals surface area contributed by atoms with Crippen LogP contribution in [0.3, 0.4) is 0 Å². The lowest BCUT2D eigenvalue weighted by Crippen LogP contribution is -2.53. The number of nitrogens with two attached hydrogens (primary N) is 1. The summed E-state index contributed by atoms with van der Waals surface area (Å²) in [5, 5.41) is 2.64. The van der Waals surface area contributed by atoms with E-state index in [4.69, 9.17) is 19.9 Å². The van der Waals surface area contributed by atoms with Crippen molar-refractivity contribution in [1.82, 2.24) is 15.1 Å². The van der Waals surface area contributed by atoms with Gasteiger partial charge in [-0.3, -0.25) is 4.79 Å². The molecule has 2 atom stereocenters. The number of carbonyl (C=O) groups excluding carboxylic acids is 2. The highest BCUT2D eigenvalue weighted by Gasteiger charge is 2.34. The first-order valence-electron chi connectivity index (χ1n) is 13.5. The zero-order valence-corrected chi connectivity index (χ0v) is 23.0. The maximum absolute atomic E-state index is 12.8. The molecule has 10 nitrogen and oxygen atoms in total. The van der Waals surface area contributed by atoms with E-state index >= 15 is 0 Å². The number of hydrogen-bond acceptors (Lipinski definition) is 8. The van der Waals surface area contributed by atoms with E-state index in [9.17, 15) is 9.59 Å². The minimum absolute atomic E-state index is 0.0497. The summed E-state index contributed by atoms with van der Waals surface area (Å²) in [6.07, 6.45) is 4.82. The van der Waals surface area contributed by atoms with Crippen LogP contribution in [0, 0.1) is 5.92 Å². The molecule has 4 rings (SSSR count). The molecule has 0 spiro atoms. The van der Waals surface area contributed by atoms with Crippen molar-refractivity contribution in [2.75, 3.05) is 34.4 Å². The predicted molar refractivity (Wildman–Crippen MR) is 149 cm³/mol. The van der Waals surface area contributed by atoms with Crippen LogP contribution in [0.5, 0.6) is 11.5 Å². The summed E-state index contributed by atoms with van der Waals surface area (Å²) < 4.78 is 16.9. The number of likely N-dealkylation sites (N-methyl/N-ethyl adjacent to an activating group) is 1. The Balaban J connectivity index is 1.49. The fraction of sp³-hybridized carbons (Fsp3) is 0.483. The van der Waals surface area contributed by atoms with E-state index in [1.165, 1.54) is 18.4 Å². The van der Waals surface area contributed by atoms with Crippen LogP contribution < -0.4 is 15.8 Å². The summed E-state index contributed by atoms with van der Waals surface area (Å²) in [5.74, 6) is 1.90. The van der Waals surface area contributed by atoms with Crippen molar-refractivity contribution < 1.29 is 23.8 Å². The van der Waals surface area contributed by atoms with Crippen LogP contribution in [0.1, 0.15) is 37.7 Å². The molecule has 0 saturated heterocycles. The van der Waals surface area contributed by atoms with E-state index in [1.54, 1.807) is 14.1 Å². The van der Waals surface area contributed by atoms with Crippen molar-refractivity contribution in [3.05, 3.63) is 54.1 Å². The van der Waals surface area contributed by atoms with Gasteiger partial charge in [-0.25, -0.2) is 9.79 Å². The van der Waals surface area contributed by atoms with Crippen LogP contribution in [-0.4, -0.2) is 74.3 Å². The number of aliphatic imine (C=N–C) groups is 1. The Kier molecular flexibility index (Phi) is 9.64. The highest BCUT2D eigenvalue weighted by molar-refractivity contribution is 5.86. The highest BCUT2D eigenvalue weighted by atomic mass is 16.5. The summed E-state index contributed by atoms with van der Waals surface area (Å²) in [5.41, 5.74) is 8.27. The first kappa shape index (κ1) is 28.2. The average molecular weight is 538 g/mol. The number of nitrogens with one attached hydrogen (secondary N) is 1. The molecule has 2 aliphatic rings. The molecule has 1 saturated carbocycles. The van der Waals surface area contributed by atoms with Gasteiger partial charge in [-0.2, -0.15) is 0 Å². The van der Waals surface area contributed by atoms with Gasteiger partial charge in [0.25, 0.3) is 0 Å². The van der Waals surface area contributed by atoms with Gasteiger partial charge in [-0.05, 0) is 49.1 Å². The minimum Gasteiger partial charge on any atom is -0.457 e. The normalized spacial score (nSPS) is 16.9. The summed E-state index contributed by atoms with van der Waals surface area (Å²) in [6, 6.07) is 14.4. The van der Waals surface area contributed by atoms with Crippen LogP contribution in [0.4, 0.5) is 10.5 Å². The molecule has 2 amide bonds. The molecule has 39 heavy (non-hydrogen) atoms. The van der Waals surface area contributed by atoms with E-state index < -0.39 is 12.1 Å². The summed E-state index contributed by atoms with van der Waals surface area (Å²) in [6.45, 7) is 0.695. The third kappa shape index (κ3) is 7.41. The lowest BCUT2D eigenvalue weighted by molar-refractivity contribution is -0.132. The first-order chi connectivity index (χ1) is 18.9. The van der Waals surface area contributed by atoms with Crippen LogP contribution in [0.15, 0.2) is 53.5 Å². The summed E-state index contributed by atoms with van der Waals surface area (Å²) in [4.78, 5) is 33.3. The van der Waals surface area contributed by atoms with Crippen LogP contribution in [0.2, 0.25) is 0 Å². The third-order valence-corrected chi connectivity index (χ3v) is 7.24. The van der Waals surface area contributed by atoms with Gasteiger partial charge in [0, 0.05) is 33.3 Å². The second-order valence-electron chi connectivity index (χ2n) is 10.3. The number of guanidine groups is 1. The molecule has 1 aliphatic carbocycles. The van der Waals surface area contributed by atoms with Crippen molar-refractivity contribution in [3.63, 3.8) is 0 Å². The number of carbonyl (C=O) groups is 2. The van der Waals surface area contributed by atoms with E-state index in [0.717, 1.165) is 48.4 Å². The van der Waals surface area contributed by atoms with E-state index in [0.29, 0.717) is 18.4 Å². The smallest absolute Gasteiger partial charge is 0.407 e. The Morgan fingerprint density at radius 1 is 1.08 bits per heavy atom. The molecule has 1 aliphatic heterocycles. The van der Waals surface area contributed by atoms with Gasteiger partial charge in [0.1, 0.15) is 24.1 Å². The lowest BCUT2D eigenvalue weighted by atomic mass is 9.83. The second-order valence-corrected chi connectivity index (χ2v) is 10.3. The molecule has 210 valence electrons. The SMILES string of the molecule is COCC(NC(=O)OCC(C1CCCCC1)N1Cc2cc(Oc3ccccc3)ccc2N=C1N)C(=O)N(C)C. The third-order valence-electron chi connectivity index (χ3n) is 7.24. The Bertz CT molecular complexity index is 1150. The van der Waals surface area contributed by atoms with Gasteiger partial charge < -0.3 is 35.1 Å². The lowest BCUT2D eigenvalue weighted by Gasteiger charge is -2.40. The number of amides is 2. The van der Waals surface area contributed by atoms with Crippen LogP contribution >= 0.6 is 0 Å². The van der Waals surface area contributed by atoms with Gasteiger partial charge in [-0.1, -0.05) is 37.5 Å². The quantitative estimate of drug-likeness (QED) is 0.470. The number of rotatable bonds is 10. The van der Waals surface area contributed by atoms with E-state index in [2.05, 4.69) is 10.3 Å². The van der Waals surface area contributed by atoms with Gasteiger partial charge in [0.15, 0.2) is 5.96 Å². The van der Waals surface area contributed by atoms with Gasteiger partial charge in [0.05, 0.1) is 18.3 Å². The van der Waals surface area contributed by atoms with Crippen molar-refractivity contribution >= 4 is 23.6 Å². The first-order valence-corrected chi connectivity index (χ1v) is 13.5. The highest BCUT2D eigenvalue weighted by Crippen LogP contribution is 2.35. The van der Waals surface area contributed by atoms with Gasteiger partial charge in [-0.15, -0.1) is 0 Å². The molecule has 0 bridgehead atoms. The van der Waals surface area contributed by atoms with Crippen molar-refractivity contribution in [3.8, 4) is 11.5 Å². The number of alkyl carbamates (subject to hydrolysis) is 1. The molecule has 2 unspecified atom stereocenters. The number of fused-ring (bicyclic) bond motifs is 1. The molecular weight excluding hydrogens is 498 g/mol. The fourth-order valence-electron chi connectivity index (χ4n) is 5.22. The largest absolute Gasteiger partial charge is 0.457 e. The molecular formula is C29H39N5O5. The summed E-state index contributed by atoms with van der Waals surface area (Å²) >= 11 is 0. The maximum Gasteiger partial charge on any atom is 0.407 e. The van der Waals surface area contributed by atoms with Gasteiger partial charge >= 0.3 is 6.09 Å². The second kappa shape index (κ2) is 13.3. The fourth-order valence-corrected chi connectivity index (χ4v) is 5.22. The molecule has 0 aromatic heterocycles. The van der Waals surface area contributed by atoms with Gasteiger partial charge in [0.2, 0.25) is 5.91 Å². The number of benzene rings is 2. The molecule has 3 N–H and O–H groups in total. The predicted octanol–water partition coefficient (Wildman–Crippen LogP) is 4.02. The minimum atomic E-state index is -0.831. The standard InChI is InChI=1S/C29H39N5O5/c1-33(2)27(35)25(18-37-3)32-29(36)38-19-26(20-10-6-4-7-11-20)34-17-21-16-23(14-15-24(21)31-28(34)30)39-22-12-8-5-9-13-22/h5,8-9,12-16,20,25-26H,4,6-7,10-11,17-19H2,1-3H3,(H2,30,31)(H,32,36). The van der Waals surface area contributed by atoms with Crippen molar-refractivity contribution in [1.29, 1.82) is 0 Å². The zero-order chi connectivity index (χ0) is 27.8. The topological polar surface area (TPSA) is 119 Å². The Morgan fingerprint density at radius 2 is 1.82 bits per heavy atom. The average Bonchev–Trinajstić information content (AvgIpc) is 2.94. The summed E-state index contributed by atoms with van der Waals surface area (Å²) in [7, 11) is 4.74. The van der Waals surface area contributed by atoms with Crippen molar-refractivity contribution in [2.45, 2.75) is 50.7 Å². The Labute approximate surface area is 230 Å². The molecule has 0 radical (unpaired) electrons. The number of methoxy groups -OCH3 is 1. The molecule has 1 fully saturated rings. The maximum atomic E-state index is 12.8. The monoisotopic (exact) mass is 537 g/mol. The Hall–Kier alpha value is -3.79. The molecule has 2 aromatic carbocycles. The van der Waals surface area contributed by atoms with Crippen LogP contribution in [0.25, 0.3) is 0 Å².